The highest BCUT2D eigenvalue weighted by atomic mass is 32.1. The van der Waals surface area contributed by atoms with Gasteiger partial charge in [-0.05, 0) is 57.4 Å². The van der Waals surface area contributed by atoms with Crippen LogP contribution < -0.4 is 10.2 Å². The fourth-order valence-electron chi connectivity index (χ4n) is 4.23. The van der Waals surface area contributed by atoms with Crippen molar-refractivity contribution in [1.82, 2.24) is 20.1 Å². The quantitative estimate of drug-likeness (QED) is 0.490. The number of aromatic nitrogens is 3. The molecule has 0 unspecified atom stereocenters. The molecule has 3 heterocycles. The first-order valence-corrected chi connectivity index (χ1v) is 11.9. The van der Waals surface area contributed by atoms with Gasteiger partial charge in [0.15, 0.2) is 10.8 Å². The number of nitrogens with zero attached hydrogens (tertiary/aromatic N) is 4. The SMILES string of the molecule is Cc1ccc(-n2nc(C)c3sc(N4CCC(NC(=O)c5ccccc5C)CC4)nc32)cc1. The number of hydrogen-bond acceptors (Lipinski definition) is 5. The van der Waals surface area contributed by atoms with Crippen molar-refractivity contribution in [2.24, 2.45) is 0 Å². The minimum Gasteiger partial charge on any atom is -0.349 e. The van der Waals surface area contributed by atoms with E-state index in [1.54, 1.807) is 11.3 Å². The smallest absolute Gasteiger partial charge is 0.251 e. The van der Waals surface area contributed by atoms with Crippen molar-refractivity contribution in [2.45, 2.75) is 39.7 Å². The molecule has 1 amide bonds. The van der Waals surface area contributed by atoms with Gasteiger partial charge in [-0.15, -0.1) is 0 Å². The van der Waals surface area contributed by atoms with Gasteiger partial charge in [0.05, 0.1) is 16.1 Å². The standard InChI is InChI=1S/C25H27N5OS/c1-16-8-10-20(11-9-16)30-23-22(18(3)28-30)32-25(27-23)29-14-12-19(13-15-29)26-24(31)21-7-5-4-6-17(21)2/h4-11,19H,12-15H2,1-3H3,(H,26,31). The van der Waals surface area contributed by atoms with Crippen molar-refractivity contribution in [3.05, 3.63) is 70.9 Å². The Morgan fingerprint density at radius 3 is 2.47 bits per heavy atom. The molecule has 6 nitrogen and oxygen atoms in total. The van der Waals surface area contributed by atoms with Gasteiger partial charge in [-0.1, -0.05) is 47.2 Å². The van der Waals surface area contributed by atoms with Crippen molar-refractivity contribution in [2.75, 3.05) is 18.0 Å². The maximum absolute atomic E-state index is 12.7. The van der Waals surface area contributed by atoms with E-state index in [0.717, 1.165) is 63.9 Å². The molecular weight excluding hydrogens is 418 g/mol. The first-order valence-electron chi connectivity index (χ1n) is 11.0. The van der Waals surface area contributed by atoms with Gasteiger partial charge in [-0.3, -0.25) is 4.79 Å². The van der Waals surface area contributed by atoms with Gasteiger partial charge in [0.1, 0.15) is 0 Å². The molecule has 5 rings (SSSR count). The lowest BCUT2D eigenvalue weighted by Gasteiger charge is -2.32. The van der Waals surface area contributed by atoms with Gasteiger partial charge in [0, 0.05) is 24.7 Å². The number of fused-ring (bicyclic) bond motifs is 1. The molecule has 7 heteroatoms. The van der Waals surface area contributed by atoms with Crippen LogP contribution in [0, 0.1) is 20.8 Å². The van der Waals surface area contributed by atoms with Crippen LogP contribution in [-0.4, -0.2) is 39.8 Å². The summed E-state index contributed by atoms with van der Waals surface area (Å²) in [6.07, 6.45) is 1.83. The molecule has 1 aliphatic heterocycles. The van der Waals surface area contributed by atoms with Crippen LogP contribution in [0.1, 0.15) is 40.0 Å². The molecule has 1 fully saturated rings. The first-order chi connectivity index (χ1) is 15.5. The maximum Gasteiger partial charge on any atom is 0.251 e. The first kappa shape index (κ1) is 20.7. The van der Waals surface area contributed by atoms with Crippen LogP contribution in [0.25, 0.3) is 16.0 Å². The second kappa shape index (κ2) is 8.39. The highest BCUT2D eigenvalue weighted by Gasteiger charge is 2.25. The number of anilines is 1. The van der Waals surface area contributed by atoms with Crippen LogP contribution in [-0.2, 0) is 0 Å². The Hall–Kier alpha value is -3.19. The summed E-state index contributed by atoms with van der Waals surface area (Å²) >= 11 is 1.71. The summed E-state index contributed by atoms with van der Waals surface area (Å²) in [5.41, 5.74) is 5.95. The zero-order valence-corrected chi connectivity index (χ0v) is 19.4. The second-order valence-corrected chi connectivity index (χ2v) is 9.51. The summed E-state index contributed by atoms with van der Waals surface area (Å²) < 4.78 is 3.08. The van der Waals surface area contributed by atoms with E-state index in [1.165, 1.54) is 5.56 Å². The van der Waals surface area contributed by atoms with E-state index in [9.17, 15) is 4.79 Å². The number of nitrogens with one attached hydrogen (secondary N) is 1. The van der Waals surface area contributed by atoms with E-state index < -0.39 is 0 Å². The Balaban J connectivity index is 1.29. The molecule has 1 N–H and O–H groups in total. The van der Waals surface area contributed by atoms with Gasteiger partial charge < -0.3 is 10.2 Å². The number of carbonyl (C=O) groups excluding carboxylic acids is 1. The molecule has 2 aromatic heterocycles. The predicted molar refractivity (Wildman–Crippen MR) is 130 cm³/mol. The minimum atomic E-state index is 0.0235. The monoisotopic (exact) mass is 445 g/mol. The van der Waals surface area contributed by atoms with Gasteiger partial charge in [-0.2, -0.15) is 10.1 Å². The van der Waals surface area contributed by atoms with Crippen molar-refractivity contribution >= 4 is 32.7 Å². The number of piperidine rings is 1. The number of amides is 1. The summed E-state index contributed by atoms with van der Waals surface area (Å²) in [5, 5.41) is 8.96. The Morgan fingerprint density at radius 1 is 1.03 bits per heavy atom. The van der Waals surface area contributed by atoms with Crippen molar-refractivity contribution in [1.29, 1.82) is 0 Å². The Kier molecular flexibility index (Phi) is 5.43. The lowest BCUT2D eigenvalue weighted by Crippen LogP contribution is -2.44. The molecule has 0 spiro atoms. The summed E-state index contributed by atoms with van der Waals surface area (Å²) in [6, 6.07) is 16.3. The molecule has 164 valence electrons. The number of hydrogen-bond donors (Lipinski definition) is 1. The summed E-state index contributed by atoms with van der Waals surface area (Å²) in [5.74, 6) is 0.0235. The van der Waals surface area contributed by atoms with Gasteiger partial charge >= 0.3 is 0 Å². The molecule has 0 saturated carbocycles. The summed E-state index contributed by atoms with van der Waals surface area (Å²) in [7, 11) is 0. The molecule has 2 aromatic carbocycles. The third-order valence-electron chi connectivity index (χ3n) is 6.15. The van der Waals surface area contributed by atoms with E-state index in [4.69, 9.17) is 10.1 Å². The number of thiazole rings is 1. The predicted octanol–water partition coefficient (Wildman–Crippen LogP) is 4.81. The third-order valence-corrected chi connectivity index (χ3v) is 7.36. The molecule has 0 aliphatic carbocycles. The molecule has 0 radical (unpaired) electrons. The number of rotatable bonds is 4. The van der Waals surface area contributed by atoms with Crippen molar-refractivity contribution in [3.8, 4) is 5.69 Å². The second-order valence-electron chi connectivity index (χ2n) is 8.53. The number of carbonyl (C=O) groups is 1. The third kappa shape index (κ3) is 3.88. The van der Waals surface area contributed by atoms with E-state index >= 15 is 0 Å². The van der Waals surface area contributed by atoms with Crippen LogP contribution in [0.15, 0.2) is 48.5 Å². The van der Waals surface area contributed by atoms with Crippen LogP contribution >= 0.6 is 11.3 Å². The Labute approximate surface area is 191 Å². The summed E-state index contributed by atoms with van der Waals surface area (Å²) in [4.78, 5) is 19.9. The Bertz CT molecular complexity index is 1270. The van der Waals surface area contributed by atoms with E-state index in [0.29, 0.717) is 0 Å². The zero-order chi connectivity index (χ0) is 22.2. The lowest BCUT2D eigenvalue weighted by atomic mass is 10.0. The van der Waals surface area contributed by atoms with Gasteiger partial charge in [0.2, 0.25) is 0 Å². The fraction of sp³-hybridized carbons (Fsp3) is 0.320. The molecule has 4 aromatic rings. The lowest BCUT2D eigenvalue weighted by molar-refractivity contribution is 0.0930. The zero-order valence-electron chi connectivity index (χ0n) is 18.6. The Morgan fingerprint density at radius 2 is 1.75 bits per heavy atom. The molecule has 0 bridgehead atoms. The maximum atomic E-state index is 12.7. The van der Waals surface area contributed by atoms with Gasteiger partial charge in [-0.25, -0.2) is 4.68 Å². The largest absolute Gasteiger partial charge is 0.349 e. The molecular formula is C25H27N5OS. The van der Waals surface area contributed by atoms with Crippen molar-refractivity contribution in [3.63, 3.8) is 0 Å². The normalized spacial score (nSPS) is 14.8. The highest BCUT2D eigenvalue weighted by Crippen LogP contribution is 2.33. The average Bonchev–Trinajstić information content (AvgIpc) is 3.36. The summed E-state index contributed by atoms with van der Waals surface area (Å²) in [6.45, 7) is 7.87. The van der Waals surface area contributed by atoms with Crippen LogP contribution in [0.4, 0.5) is 5.13 Å². The van der Waals surface area contributed by atoms with Crippen molar-refractivity contribution < 1.29 is 4.79 Å². The van der Waals surface area contributed by atoms with E-state index in [1.807, 2.05) is 42.8 Å². The molecule has 1 saturated heterocycles. The molecule has 1 aliphatic rings. The van der Waals surface area contributed by atoms with E-state index in [-0.39, 0.29) is 11.9 Å². The fourth-order valence-corrected chi connectivity index (χ4v) is 5.27. The van der Waals surface area contributed by atoms with Crippen LogP contribution in [0.2, 0.25) is 0 Å². The topological polar surface area (TPSA) is 63.1 Å². The van der Waals surface area contributed by atoms with E-state index in [2.05, 4.69) is 41.4 Å². The minimum absolute atomic E-state index is 0.0235. The number of aryl methyl sites for hydroxylation is 3. The van der Waals surface area contributed by atoms with Crippen LogP contribution in [0.5, 0.6) is 0 Å². The average molecular weight is 446 g/mol. The number of benzene rings is 2. The molecule has 0 atom stereocenters. The highest BCUT2D eigenvalue weighted by molar-refractivity contribution is 7.22. The van der Waals surface area contributed by atoms with Crippen LogP contribution in [0.3, 0.4) is 0 Å². The molecule has 32 heavy (non-hydrogen) atoms. The van der Waals surface area contributed by atoms with Gasteiger partial charge in [0.25, 0.3) is 5.91 Å².